The number of nitrogens with one attached hydrogen (secondary N) is 1. The molecule has 3 nitrogen and oxygen atoms in total. The van der Waals surface area contributed by atoms with Gasteiger partial charge in [0, 0.05) is 5.39 Å². The molecule has 2 aromatic rings. The fraction of sp³-hybridized carbons (Fsp3) is 0.111. The first kappa shape index (κ1) is 8.19. The molecule has 0 radical (unpaired) electrons. The monoisotopic (exact) mass is 191 g/mol. The largest absolute Gasteiger partial charge is 0.383 e. The van der Waals surface area contributed by atoms with Gasteiger partial charge in [-0.25, -0.2) is 4.98 Å². The van der Waals surface area contributed by atoms with Crippen LogP contribution >= 0.6 is 12.2 Å². The van der Waals surface area contributed by atoms with E-state index in [0.29, 0.717) is 10.6 Å². The van der Waals surface area contributed by atoms with Crippen molar-refractivity contribution in [2.45, 2.75) is 6.92 Å². The van der Waals surface area contributed by atoms with Crippen molar-refractivity contribution >= 4 is 28.9 Å². The van der Waals surface area contributed by atoms with Crippen molar-refractivity contribution in [1.82, 2.24) is 9.97 Å². The maximum atomic E-state index is 5.73. The van der Waals surface area contributed by atoms with Crippen molar-refractivity contribution in [3.8, 4) is 0 Å². The van der Waals surface area contributed by atoms with Gasteiger partial charge in [-0.1, -0.05) is 11.6 Å². The van der Waals surface area contributed by atoms with Crippen molar-refractivity contribution in [2.24, 2.45) is 0 Å². The number of aromatic amines is 1. The Kier molecular flexibility index (Phi) is 1.77. The third-order valence-electron chi connectivity index (χ3n) is 1.91. The van der Waals surface area contributed by atoms with E-state index in [1.807, 2.05) is 25.1 Å². The molecule has 0 fully saturated rings. The van der Waals surface area contributed by atoms with Crippen LogP contribution in [0, 0.1) is 11.7 Å². The van der Waals surface area contributed by atoms with Crippen LogP contribution in [0.4, 0.5) is 5.82 Å². The highest BCUT2D eigenvalue weighted by Gasteiger charge is 1.99. The Hall–Kier alpha value is -1.42. The van der Waals surface area contributed by atoms with E-state index in [1.165, 1.54) is 0 Å². The maximum Gasteiger partial charge on any atom is 0.199 e. The molecule has 13 heavy (non-hydrogen) atoms. The van der Waals surface area contributed by atoms with Crippen LogP contribution in [-0.2, 0) is 0 Å². The fourth-order valence-corrected chi connectivity index (χ4v) is 1.50. The zero-order valence-corrected chi connectivity index (χ0v) is 7.98. The maximum absolute atomic E-state index is 5.73. The number of H-pyrrole nitrogens is 1. The number of hydrogen-bond donors (Lipinski definition) is 2. The molecule has 66 valence electrons. The van der Waals surface area contributed by atoms with Gasteiger partial charge in [-0.2, -0.15) is 0 Å². The smallest absolute Gasteiger partial charge is 0.199 e. The predicted octanol–water partition coefficient (Wildman–Crippen LogP) is 2.18. The second-order valence-corrected chi connectivity index (χ2v) is 3.36. The molecule has 0 saturated carbocycles. The van der Waals surface area contributed by atoms with Gasteiger partial charge in [0.1, 0.15) is 5.82 Å². The van der Waals surface area contributed by atoms with E-state index >= 15 is 0 Å². The van der Waals surface area contributed by atoms with Crippen LogP contribution in [0.2, 0.25) is 0 Å². The quantitative estimate of drug-likeness (QED) is 0.627. The number of anilines is 1. The number of hydrogen-bond acceptors (Lipinski definition) is 3. The van der Waals surface area contributed by atoms with Crippen LogP contribution < -0.4 is 5.73 Å². The first-order valence-corrected chi connectivity index (χ1v) is 4.34. The summed E-state index contributed by atoms with van der Waals surface area (Å²) in [6.45, 7) is 2.01. The highest BCUT2D eigenvalue weighted by Crippen LogP contribution is 2.17. The normalized spacial score (nSPS) is 10.5. The Bertz CT molecular complexity index is 516. The Balaban J connectivity index is 2.95. The fourth-order valence-electron chi connectivity index (χ4n) is 1.29. The van der Waals surface area contributed by atoms with E-state index < -0.39 is 0 Å². The number of nitrogens with two attached hydrogens (primary N) is 1. The van der Waals surface area contributed by atoms with Crippen LogP contribution in [0.5, 0.6) is 0 Å². The zero-order valence-electron chi connectivity index (χ0n) is 7.16. The molecule has 0 spiro atoms. The lowest BCUT2D eigenvalue weighted by Crippen LogP contribution is -1.94. The predicted molar refractivity (Wildman–Crippen MR) is 56.1 cm³/mol. The third kappa shape index (κ3) is 1.40. The lowest BCUT2D eigenvalue weighted by atomic mass is 10.1. The summed E-state index contributed by atoms with van der Waals surface area (Å²) in [6.07, 6.45) is 0. The van der Waals surface area contributed by atoms with Crippen LogP contribution in [0.15, 0.2) is 18.2 Å². The van der Waals surface area contributed by atoms with Crippen molar-refractivity contribution < 1.29 is 0 Å². The number of benzene rings is 1. The number of nitrogen functional groups attached to an aromatic ring is 1. The summed E-state index contributed by atoms with van der Waals surface area (Å²) in [5.74, 6) is 0.488. The average Bonchev–Trinajstić information content (AvgIpc) is 2.06. The van der Waals surface area contributed by atoms with Gasteiger partial charge in [0.2, 0.25) is 0 Å². The molecule has 0 atom stereocenters. The molecular weight excluding hydrogens is 182 g/mol. The summed E-state index contributed by atoms with van der Waals surface area (Å²) in [7, 11) is 0. The minimum Gasteiger partial charge on any atom is -0.383 e. The second kappa shape index (κ2) is 2.81. The van der Waals surface area contributed by atoms with E-state index in [4.69, 9.17) is 18.0 Å². The summed E-state index contributed by atoms with van der Waals surface area (Å²) in [5, 5.41) is 0.925. The van der Waals surface area contributed by atoms with Crippen LogP contribution in [0.3, 0.4) is 0 Å². The first-order valence-electron chi connectivity index (χ1n) is 3.93. The van der Waals surface area contributed by atoms with Gasteiger partial charge in [0.25, 0.3) is 0 Å². The molecule has 0 aliphatic heterocycles. The highest BCUT2D eigenvalue weighted by molar-refractivity contribution is 7.71. The Labute approximate surface area is 80.6 Å². The Morgan fingerprint density at radius 3 is 3.00 bits per heavy atom. The van der Waals surface area contributed by atoms with Crippen LogP contribution in [0.1, 0.15) is 5.56 Å². The second-order valence-electron chi connectivity index (χ2n) is 2.98. The summed E-state index contributed by atoms with van der Waals surface area (Å²) in [5.41, 5.74) is 7.82. The number of aromatic nitrogens is 2. The number of aryl methyl sites for hydroxylation is 1. The molecule has 0 amide bonds. The molecule has 2 rings (SSSR count). The van der Waals surface area contributed by atoms with Crippen molar-refractivity contribution in [3.05, 3.63) is 28.5 Å². The van der Waals surface area contributed by atoms with Gasteiger partial charge < -0.3 is 10.7 Å². The van der Waals surface area contributed by atoms with Gasteiger partial charge in [-0.15, -0.1) is 0 Å². The van der Waals surface area contributed by atoms with Crippen molar-refractivity contribution in [1.29, 1.82) is 0 Å². The van der Waals surface area contributed by atoms with E-state index in [0.717, 1.165) is 16.5 Å². The van der Waals surface area contributed by atoms with E-state index in [-0.39, 0.29) is 0 Å². The molecule has 0 unspecified atom stereocenters. The zero-order chi connectivity index (χ0) is 9.42. The molecule has 4 heteroatoms. The van der Waals surface area contributed by atoms with E-state index in [2.05, 4.69) is 9.97 Å². The van der Waals surface area contributed by atoms with Crippen LogP contribution in [-0.4, -0.2) is 9.97 Å². The van der Waals surface area contributed by atoms with Crippen molar-refractivity contribution in [3.63, 3.8) is 0 Å². The molecule has 0 saturated heterocycles. The molecular formula is C9H9N3S. The van der Waals surface area contributed by atoms with Gasteiger partial charge in [-0.05, 0) is 31.3 Å². The minimum absolute atomic E-state index is 0.425. The molecule has 0 bridgehead atoms. The molecule has 1 aromatic heterocycles. The topological polar surface area (TPSA) is 54.7 Å². The molecule has 0 aliphatic carbocycles. The highest BCUT2D eigenvalue weighted by atomic mass is 32.1. The van der Waals surface area contributed by atoms with E-state index in [9.17, 15) is 0 Å². The molecule has 1 aromatic carbocycles. The van der Waals surface area contributed by atoms with Gasteiger partial charge in [0.05, 0.1) is 5.52 Å². The summed E-state index contributed by atoms with van der Waals surface area (Å²) >= 11 is 4.91. The van der Waals surface area contributed by atoms with Gasteiger partial charge in [0.15, 0.2) is 4.77 Å². The van der Waals surface area contributed by atoms with Crippen LogP contribution in [0.25, 0.3) is 10.9 Å². The molecule has 0 aliphatic rings. The van der Waals surface area contributed by atoms with Gasteiger partial charge in [-0.3, -0.25) is 0 Å². The Morgan fingerprint density at radius 2 is 2.23 bits per heavy atom. The summed E-state index contributed by atoms with van der Waals surface area (Å²) < 4.78 is 0.425. The first-order chi connectivity index (χ1) is 6.16. The number of fused-ring (bicyclic) bond motifs is 1. The molecule has 1 heterocycles. The molecule has 3 N–H and O–H groups in total. The third-order valence-corrected chi connectivity index (χ3v) is 2.11. The standard InChI is InChI=1S/C9H9N3S/c1-5-2-3-7-6(4-5)8(10)12-9(13)11-7/h2-4H,1H3,(H3,10,11,12,13). The summed E-state index contributed by atoms with van der Waals surface area (Å²) in [4.78, 5) is 6.96. The van der Waals surface area contributed by atoms with Crippen molar-refractivity contribution in [2.75, 3.05) is 5.73 Å². The SMILES string of the molecule is Cc1ccc2[nH]c(=S)nc(N)c2c1. The number of nitrogens with zero attached hydrogens (tertiary/aromatic N) is 1. The Morgan fingerprint density at radius 1 is 1.46 bits per heavy atom. The lowest BCUT2D eigenvalue weighted by molar-refractivity contribution is 1.19. The van der Waals surface area contributed by atoms with Gasteiger partial charge >= 0.3 is 0 Å². The average molecular weight is 191 g/mol. The van der Waals surface area contributed by atoms with E-state index in [1.54, 1.807) is 0 Å². The summed E-state index contributed by atoms with van der Waals surface area (Å²) in [6, 6.07) is 5.95. The number of rotatable bonds is 0. The minimum atomic E-state index is 0.425. The lowest BCUT2D eigenvalue weighted by Gasteiger charge is -2.01.